The lowest BCUT2D eigenvalue weighted by Gasteiger charge is -2.24. The van der Waals surface area contributed by atoms with Gasteiger partial charge in [0.25, 0.3) is 5.56 Å². The minimum Gasteiger partial charge on any atom is -0.267 e. The van der Waals surface area contributed by atoms with E-state index >= 15 is 0 Å². The lowest BCUT2D eigenvalue weighted by atomic mass is 10.1. The fourth-order valence-electron chi connectivity index (χ4n) is 2.76. The molecule has 0 amide bonds. The zero-order valence-corrected chi connectivity index (χ0v) is 13.7. The summed E-state index contributed by atoms with van der Waals surface area (Å²) < 4.78 is 3.78. The van der Waals surface area contributed by atoms with Gasteiger partial charge in [0.2, 0.25) is 0 Å². The fraction of sp³-hybridized carbons (Fsp3) is 0.333. The Labute approximate surface area is 130 Å². The van der Waals surface area contributed by atoms with Gasteiger partial charge in [-0.05, 0) is 58.9 Å². The summed E-state index contributed by atoms with van der Waals surface area (Å²) in [5.41, 5.74) is 3.57. The van der Waals surface area contributed by atoms with Crippen LogP contribution in [-0.4, -0.2) is 14.3 Å². The largest absolute Gasteiger partial charge is 0.275 e. The van der Waals surface area contributed by atoms with Gasteiger partial charge < -0.3 is 0 Å². The van der Waals surface area contributed by atoms with E-state index in [0.29, 0.717) is 0 Å². The Kier molecular flexibility index (Phi) is 3.20. The summed E-state index contributed by atoms with van der Waals surface area (Å²) in [6.07, 6.45) is 1.82. The van der Waals surface area contributed by atoms with E-state index in [2.05, 4.69) is 4.98 Å². The van der Waals surface area contributed by atoms with Gasteiger partial charge in [-0.25, -0.2) is 9.36 Å². The normalized spacial score (nSPS) is 12.0. The van der Waals surface area contributed by atoms with Crippen LogP contribution in [0.1, 0.15) is 32.0 Å². The van der Waals surface area contributed by atoms with Crippen molar-refractivity contribution in [1.29, 1.82) is 0 Å². The van der Waals surface area contributed by atoms with Gasteiger partial charge in [0, 0.05) is 5.69 Å². The number of aryl methyl sites for hydroxylation is 2. The van der Waals surface area contributed by atoms with Crippen molar-refractivity contribution < 1.29 is 0 Å². The summed E-state index contributed by atoms with van der Waals surface area (Å²) >= 11 is 0. The zero-order chi connectivity index (χ0) is 16.1. The van der Waals surface area contributed by atoms with E-state index in [1.807, 2.05) is 80.5 Å². The number of hydrogen-bond donors (Lipinski definition) is 0. The number of hydrogen-bond acceptors (Lipinski definition) is 2. The SMILES string of the molecule is Cc1ccc2c(c1)c(=O)n(C(C)(C)C)n2-c1ccc(C)nc1. The van der Waals surface area contributed by atoms with Crippen molar-refractivity contribution in [2.75, 3.05) is 0 Å². The molecule has 0 aliphatic heterocycles. The van der Waals surface area contributed by atoms with Gasteiger partial charge in [-0.15, -0.1) is 0 Å². The van der Waals surface area contributed by atoms with E-state index in [1.165, 1.54) is 0 Å². The molecule has 0 bridgehead atoms. The highest BCUT2D eigenvalue weighted by atomic mass is 16.1. The number of fused-ring (bicyclic) bond motifs is 1. The molecule has 2 aromatic heterocycles. The maximum absolute atomic E-state index is 12.9. The summed E-state index contributed by atoms with van der Waals surface area (Å²) in [5.74, 6) is 0. The Bertz CT molecular complexity index is 893. The van der Waals surface area contributed by atoms with Gasteiger partial charge in [0.05, 0.1) is 28.3 Å². The van der Waals surface area contributed by atoms with Crippen molar-refractivity contribution in [2.45, 2.75) is 40.2 Å². The van der Waals surface area contributed by atoms with Gasteiger partial charge in [-0.2, -0.15) is 0 Å². The van der Waals surface area contributed by atoms with Crippen molar-refractivity contribution in [3.63, 3.8) is 0 Å². The number of benzene rings is 1. The average molecular weight is 295 g/mol. The minimum atomic E-state index is -0.325. The third-order valence-corrected chi connectivity index (χ3v) is 3.78. The summed E-state index contributed by atoms with van der Waals surface area (Å²) in [6, 6.07) is 9.97. The molecule has 0 fully saturated rings. The number of aromatic nitrogens is 3. The Morgan fingerprint density at radius 1 is 1.05 bits per heavy atom. The van der Waals surface area contributed by atoms with E-state index in [-0.39, 0.29) is 11.1 Å². The molecule has 0 saturated carbocycles. The Hall–Kier alpha value is -2.36. The third-order valence-electron chi connectivity index (χ3n) is 3.78. The van der Waals surface area contributed by atoms with Crippen LogP contribution < -0.4 is 5.56 Å². The first-order valence-electron chi connectivity index (χ1n) is 7.47. The molecule has 0 aliphatic rings. The topological polar surface area (TPSA) is 39.8 Å². The second kappa shape index (κ2) is 4.83. The quantitative estimate of drug-likeness (QED) is 0.688. The molecule has 1 aromatic carbocycles. The first-order chi connectivity index (χ1) is 10.3. The monoisotopic (exact) mass is 295 g/mol. The summed E-state index contributed by atoms with van der Waals surface area (Å²) in [7, 11) is 0. The van der Waals surface area contributed by atoms with Crippen molar-refractivity contribution in [3.05, 3.63) is 58.1 Å². The van der Waals surface area contributed by atoms with Gasteiger partial charge in [0.15, 0.2) is 0 Å². The predicted octanol–water partition coefficient (Wildman–Crippen LogP) is 3.56. The van der Waals surface area contributed by atoms with Gasteiger partial charge >= 0.3 is 0 Å². The van der Waals surface area contributed by atoms with Crippen LogP contribution in [0.25, 0.3) is 16.6 Å². The van der Waals surface area contributed by atoms with Crippen LogP contribution in [0.2, 0.25) is 0 Å². The second-order valence-electron chi connectivity index (χ2n) is 6.78. The van der Waals surface area contributed by atoms with E-state index in [4.69, 9.17) is 0 Å². The molecule has 0 unspecified atom stereocenters. The predicted molar refractivity (Wildman–Crippen MR) is 89.8 cm³/mol. The maximum Gasteiger partial charge on any atom is 0.275 e. The first-order valence-corrected chi connectivity index (χ1v) is 7.47. The highest BCUT2D eigenvalue weighted by molar-refractivity contribution is 5.81. The van der Waals surface area contributed by atoms with E-state index in [0.717, 1.165) is 27.8 Å². The number of nitrogens with zero attached hydrogens (tertiary/aromatic N) is 3. The molecule has 4 heteroatoms. The van der Waals surface area contributed by atoms with E-state index in [9.17, 15) is 4.79 Å². The highest BCUT2D eigenvalue weighted by Gasteiger charge is 2.23. The maximum atomic E-state index is 12.9. The minimum absolute atomic E-state index is 0.0341. The number of rotatable bonds is 1. The first kappa shape index (κ1) is 14.6. The lowest BCUT2D eigenvalue weighted by molar-refractivity contribution is 0.323. The van der Waals surface area contributed by atoms with Crippen molar-refractivity contribution in [3.8, 4) is 5.69 Å². The molecule has 0 atom stereocenters. The summed E-state index contributed by atoms with van der Waals surface area (Å²) in [5, 5.41) is 0.746. The van der Waals surface area contributed by atoms with E-state index < -0.39 is 0 Å². The molecule has 114 valence electrons. The summed E-state index contributed by atoms with van der Waals surface area (Å²) in [6.45, 7) is 10.1. The Balaban J connectivity index is 2.46. The van der Waals surface area contributed by atoms with Crippen LogP contribution in [0.15, 0.2) is 41.3 Å². The molecule has 0 N–H and O–H groups in total. The second-order valence-corrected chi connectivity index (χ2v) is 6.78. The smallest absolute Gasteiger partial charge is 0.267 e. The molecule has 0 radical (unpaired) electrons. The van der Waals surface area contributed by atoms with Crippen molar-refractivity contribution in [2.24, 2.45) is 0 Å². The molecule has 2 heterocycles. The highest BCUT2D eigenvalue weighted by Crippen LogP contribution is 2.23. The standard InChI is InChI=1S/C18H21N3O/c1-12-6-9-16-15(10-12)17(22)21(18(3,4)5)20(16)14-8-7-13(2)19-11-14/h6-11H,1-5H3. The molecule has 0 aliphatic carbocycles. The molecule has 3 rings (SSSR count). The zero-order valence-electron chi connectivity index (χ0n) is 13.7. The van der Waals surface area contributed by atoms with Crippen LogP contribution in [0, 0.1) is 13.8 Å². The van der Waals surface area contributed by atoms with Crippen LogP contribution >= 0.6 is 0 Å². The van der Waals surface area contributed by atoms with Crippen molar-refractivity contribution in [1.82, 2.24) is 14.3 Å². The lowest BCUT2D eigenvalue weighted by Crippen LogP contribution is -2.36. The molecule has 0 spiro atoms. The third kappa shape index (κ3) is 2.25. The molecular formula is C18H21N3O. The fourth-order valence-corrected chi connectivity index (χ4v) is 2.76. The number of pyridine rings is 1. The summed E-state index contributed by atoms with van der Waals surface area (Å²) in [4.78, 5) is 17.3. The van der Waals surface area contributed by atoms with Crippen LogP contribution in [0.3, 0.4) is 0 Å². The van der Waals surface area contributed by atoms with Gasteiger partial charge in [0.1, 0.15) is 0 Å². The van der Waals surface area contributed by atoms with Crippen LogP contribution in [0.5, 0.6) is 0 Å². The molecular weight excluding hydrogens is 274 g/mol. The molecule has 0 saturated heterocycles. The van der Waals surface area contributed by atoms with Gasteiger partial charge in [-0.1, -0.05) is 11.6 Å². The Morgan fingerprint density at radius 2 is 1.77 bits per heavy atom. The molecule has 4 nitrogen and oxygen atoms in total. The Morgan fingerprint density at radius 3 is 2.36 bits per heavy atom. The molecule has 22 heavy (non-hydrogen) atoms. The van der Waals surface area contributed by atoms with E-state index in [1.54, 1.807) is 0 Å². The van der Waals surface area contributed by atoms with Crippen molar-refractivity contribution >= 4 is 10.9 Å². The average Bonchev–Trinajstić information content (AvgIpc) is 2.72. The van der Waals surface area contributed by atoms with Gasteiger partial charge in [-0.3, -0.25) is 9.78 Å². The van der Waals surface area contributed by atoms with Crippen LogP contribution in [0.4, 0.5) is 0 Å². The van der Waals surface area contributed by atoms with Crippen LogP contribution in [-0.2, 0) is 5.54 Å². The molecule has 3 aromatic rings.